The van der Waals surface area contributed by atoms with Crippen molar-refractivity contribution < 1.29 is 4.79 Å². The van der Waals surface area contributed by atoms with E-state index in [0.717, 1.165) is 10.0 Å². The summed E-state index contributed by atoms with van der Waals surface area (Å²) in [6.07, 6.45) is 2.13. The van der Waals surface area contributed by atoms with Gasteiger partial charge in [-0.05, 0) is 25.0 Å². The van der Waals surface area contributed by atoms with Gasteiger partial charge in [-0.3, -0.25) is 4.79 Å². The molecule has 1 aromatic rings. The number of halogens is 1. The van der Waals surface area contributed by atoms with Gasteiger partial charge < -0.3 is 11.1 Å². The van der Waals surface area contributed by atoms with Gasteiger partial charge in [0.1, 0.15) is 0 Å². The molecule has 0 spiro atoms. The van der Waals surface area contributed by atoms with Crippen molar-refractivity contribution in [2.75, 3.05) is 0 Å². The molecule has 1 unspecified atom stereocenters. The minimum Gasteiger partial charge on any atom is -0.348 e. The molecule has 0 fully saturated rings. The average molecular weight is 297 g/mol. The SMILES string of the molecule is C=CCC(N)C(=O)N[C@H](C)c1ccccc1Br. The highest BCUT2D eigenvalue weighted by Gasteiger charge is 2.16. The van der Waals surface area contributed by atoms with Crippen LogP contribution in [0.2, 0.25) is 0 Å². The van der Waals surface area contributed by atoms with Crippen LogP contribution in [0, 0.1) is 0 Å². The summed E-state index contributed by atoms with van der Waals surface area (Å²) in [5.41, 5.74) is 6.73. The second-order valence-electron chi connectivity index (χ2n) is 3.88. The summed E-state index contributed by atoms with van der Waals surface area (Å²) in [5, 5.41) is 2.88. The van der Waals surface area contributed by atoms with Gasteiger partial charge in [0, 0.05) is 4.47 Å². The summed E-state index contributed by atoms with van der Waals surface area (Å²) >= 11 is 3.46. The Hall–Kier alpha value is -1.13. The van der Waals surface area contributed by atoms with Crippen molar-refractivity contribution in [1.82, 2.24) is 5.32 Å². The molecule has 0 aromatic heterocycles. The van der Waals surface area contributed by atoms with Crippen LogP contribution < -0.4 is 11.1 Å². The first kappa shape index (κ1) is 13.9. The molecule has 3 nitrogen and oxygen atoms in total. The number of nitrogens with one attached hydrogen (secondary N) is 1. The van der Waals surface area contributed by atoms with Crippen molar-refractivity contribution in [3.63, 3.8) is 0 Å². The molecule has 92 valence electrons. The van der Waals surface area contributed by atoms with Gasteiger partial charge in [0.05, 0.1) is 12.1 Å². The molecule has 0 aliphatic carbocycles. The van der Waals surface area contributed by atoms with Crippen LogP contribution in [0.15, 0.2) is 41.4 Å². The fourth-order valence-electron chi connectivity index (χ4n) is 1.51. The Bertz CT molecular complexity index is 406. The zero-order valence-corrected chi connectivity index (χ0v) is 11.4. The van der Waals surface area contributed by atoms with Crippen molar-refractivity contribution in [3.05, 3.63) is 47.0 Å². The number of carbonyl (C=O) groups excluding carboxylic acids is 1. The molecular weight excluding hydrogens is 280 g/mol. The number of carbonyl (C=O) groups is 1. The lowest BCUT2D eigenvalue weighted by Crippen LogP contribution is -2.41. The molecule has 2 atom stereocenters. The number of hydrogen-bond acceptors (Lipinski definition) is 2. The molecule has 0 heterocycles. The molecule has 3 N–H and O–H groups in total. The van der Waals surface area contributed by atoms with Crippen molar-refractivity contribution in [1.29, 1.82) is 0 Å². The summed E-state index contributed by atoms with van der Waals surface area (Å²) < 4.78 is 0.977. The number of nitrogens with two attached hydrogens (primary N) is 1. The highest BCUT2D eigenvalue weighted by Crippen LogP contribution is 2.22. The maximum Gasteiger partial charge on any atom is 0.237 e. The van der Waals surface area contributed by atoms with Crippen LogP contribution >= 0.6 is 15.9 Å². The normalized spacial score (nSPS) is 13.8. The van der Waals surface area contributed by atoms with Crippen molar-refractivity contribution in [3.8, 4) is 0 Å². The third-order valence-electron chi connectivity index (χ3n) is 2.49. The van der Waals surface area contributed by atoms with E-state index in [0.29, 0.717) is 6.42 Å². The van der Waals surface area contributed by atoms with Gasteiger partial charge in [-0.1, -0.05) is 40.2 Å². The zero-order chi connectivity index (χ0) is 12.8. The maximum absolute atomic E-state index is 11.7. The second kappa shape index (κ2) is 6.57. The van der Waals surface area contributed by atoms with Gasteiger partial charge in [-0.25, -0.2) is 0 Å². The quantitative estimate of drug-likeness (QED) is 0.821. The Balaban J connectivity index is 2.66. The Morgan fingerprint density at radius 2 is 2.24 bits per heavy atom. The van der Waals surface area contributed by atoms with Crippen LogP contribution in [-0.4, -0.2) is 11.9 Å². The summed E-state index contributed by atoms with van der Waals surface area (Å²) in [5.74, 6) is -0.159. The molecule has 1 aromatic carbocycles. The molecule has 1 amide bonds. The maximum atomic E-state index is 11.7. The van der Waals surface area contributed by atoms with Crippen LogP contribution in [0.25, 0.3) is 0 Å². The van der Waals surface area contributed by atoms with Gasteiger partial charge >= 0.3 is 0 Å². The molecule has 0 saturated heterocycles. The Morgan fingerprint density at radius 1 is 1.59 bits per heavy atom. The highest BCUT2D eigenvalue weighted by molar-refractivity contribution is 9.10. The molecule has 0 bridgehead atoms. The standard InChI is InChI=1S/C13H17BrN2O/c1-3-6-12(15)13(17)16-9(2)10-7-4-5-8-11(10)14/h3-5,7-9,12H,1,6,15H2,2H3,(H,16,17)/t9-,12?/m1/s1. The molecule has 0 radical (unpaired) electrons. The monoisotopic (exact) mass is 296 g/mol. The molecule has 17 heavy (non-hydrogen) atoms. The van der Waals surface area contributed by atoms with Gasteiger partial charge in [-0.15, -0.1) is 6.58 Å². The van der Waals surface area contributed by atoms with Gasteiger partial charge in [0.2, 0.25) is 5.91 Å². The van der Waals surface area contributed by atoms with E-state index in [1.165, 1.54) is 0 Å². The van der Waals surface area contributed by atoms with E-state index in [9.17, 15) is 4.79 Å². The molecule has 0 aliphatic heterocycles. The lowest BCUT2D eigenvalue weighted by Gasteiger charge is -2.18. The largest absolute Gasteiger partial charge is 0.348 e. The number of hydrogen-bond donors (Lipinski definition) is 2. The van der Waals surface area contributed by atoms with Crippen molar-refractivity contribution in [2.24, 2.45) is 5.73 Å². The smallest absolute Gasteiger partial charge is 0.237 e. The molecule has 0 aliphatic rings. The Labute approximate surface area is 110 Å². The molecular formula is C13H17BrN2O. The lowest BCUT2D eigenvalue weighted by atomic mass is 10.1. The van der Waals surface area contributed by atoms with E-state index in [2.05, 4.69) is 27.8 Å². The first-order valence-electron chi connectivity index (χ1n) is 5.47. The minimum absolute atomic E-state index is 0.0751. The van der Waals surface area contributed by atoms with E-state index in [1.54, 1.807) is 6.08 Å². The fraction of sp³-hybridized carbons (Fsp3) is 0.308. The third-order valence-corrected chi connectivity index (χ3v) is 3.21. The fourth-order valence-corrected chi connectivity index (χ4v) is 2.14. The van der Waals surface area contributed by atoms with Gasteiger partial charge in [0.15, 0.2) is 0 Å². The van der Waals surface area contributed by atoms with E-state index in [4.69, 9.17) is 5.73 Å². The third kappa shape index (κ3) is 3.98. The molecule has 0 saturated carbocycles. The van der Waals surface area contributed by atoms with Crippen LogP contribution in [0.1, 0.15) is 24.9 Å². The van der Waals surface area contributed by atoms with E-state index >= 15 is 0 Å². The number of rotatable bonds is 5. The van der Waals surface area contributed by atoms with Crippen LogP contribution in [0.4, 0.5) is 0 Å². The van der Waals surface area contributed by atoms with Crippen LogP contribution in [-0.2, 0) is 4.79 Å². The Morgan fingerprint density at radius 3 is 2.82 bits per heavy atom. The summed E-state index contributed by atoms with van der Waals surface area (Å²) in [7, 11) is 0. The number of amides is 1. The first-order valence-corrected chi connectivity index (χ1v) is 6.26. The van der Waals surface area contributed by atoms with Crippen molar-refractivity contribution >= 4 is 21.8 Å². The van der Waals surface area contributed by atoms with E-state index < -0.39 is 6.04 Å². The van der Waals surface area contributed by atoms with Crippen molar-refractivity contribution in [2.45, 2.75) is 25.4 Å². The number of benzene rings is 1. The first-order chi connectivity index (χ1) is 8.06. The summed E-state index contributed by atoms with van der Waals surface area (Å²) in [6.45, 7) is 5.50. The predicted molar refractivity (Wildman–Crippen MR) is 73.5 cm³/mol. The minimum atomic E-state index is -0.530. The zero-order valence-electron chi connectivity index (χ0n) is 9.82. The Kier molecular flexibility index (Phi) is 5.38. The lowest BCUT2D eigenvalue weighted by molar-refractivity contribution is -0.122. The topological polar surface area (TPSA) is 55.1 Å². The van der Waals surface area contributed by atoms with Gasteiger partial charge in [-0.2, -0.15) is 0 Å². The molecule has 1 rings (SSSR count). The highest BCUT2D eigenvalue weighted by atomic mass is 79.9. The predicted octanol–water partition coefficient (Wildman–Crippen LogP) is 2.53. The van der Waals surface area contributed by atoms with Crippen LogP contribution in [0.5, 0.6) is 0 Å². The summed E-state index contributed by atoms with van der Waals surface area (Å²) in [6, 6.07) is 7.18. The summed E-state index contributed by atoms with van der Waals surface area (Å²) in [4.78, 5) is 11.7. The molecule has 4 heteroatoms. The van der Waals surface area contributed by atoms with Crippen LogP contribution in [0.3, 0.4) is 0 Å². The second-order valence-corrected chi connectivity index (χ2v) is 4.74. The van der Waals surface area contributed by atoms with E-state index in [1.807, 2.05) is 31.2 Å². The van der Waals surface area contributed by atoms with Gasteiger partial charge in [0.25, 0.3) is 0 Å². The van der Waals surface area contributed by atoms with E-state index in [-0.39, 0.29) is 11.9 Å². The average Bonchev–Trinajstić information content (AvgIpc) is 2.29.